The molecule has 8 heteroatoms. The fraction of sp³-hybridized carbons (Fsp3) is 0.714. The summed E-state index contributed by atoms with van der Waals surface area (Å²) < 4.78 is 6.98. The third-order valence-corrected chi connectivity index (χ3v) is 3.51. The summed E-state index contributed by atoms with van der Waals surface area (Å²) in [7, 11) is 0. The average Bonchev–Trinajstić information content (AvgIpc) is 2.79. The lowest BCUT2D eigenvalue weighted by molar-refractivity contribution is -0.385. The van der Waals surface area contributed by atoms with Crippen molar-refractivity contribution >= 4 is 11.8 Å². The number of piperidine rings is 1. The first-order valence-corrected chi connectivity index (χ1v) is 7.35. The van der Waals surface area contributed by atoms with Crippen LogP contribution >= 0.6 is 0 Å². The Labute approximate surface area is 129 Å². The number of rotatable bonds is 2. The van der Waals surface area contributed by atoms with E-state index in [1.165, 1.54) is 6.20 Å². The maximum Gasteiger partial charge on any atom is 0.410 e. The number of nitrogens with zero attached hydrogens (tertiary/aromatic N) is 4. The zero-order valence-electron chi connectivity index (χ0n) is 13.4. The third kappa shape index (κ3) is 3.75. The Kier molecular flexibility index (Phi) is 4.39. The molecule has 2 rings (SSSR count). The van der Waals surface area contributed by atoms with Gasteiger partial charge in [0, 0.05) is 13.1 Å². The molecule has 1 aliphatic rings. The quantitative estimate of drug-likeness (QED) is 0.618. The van der Waals surface area contributed by atoms with E-state index < -0.39 is 10.5 Å². The molecule has 0 N–H and O–H groups in total. The van der Waals surface area contributed by atoms with Crippen LogP contribution < -0.4 is 0 Å². The number of aromatic nitrogens is 2. The van der Waals surface area contributed by atoms with Crippen LogP contribution in [0.2, 0.25) is 0 Å². The first kappa shape index (κ1) is 16.3. The maximum atomic E-state index is 12.1. The molecule has 0 radical (unpaired) electrons. The fourth-order valence-corrected chi connectivity index (χ4v) is 2.50. The summed E-state index contributed by atoms with van der Waals surface area (Å²) in [5.41, 5.74) is -0.140. The van der Waals surface area contributed by atoms with Gasteiger partial charge < -0.3 is 9.64 Å². The van der Waals surface area contributed by atoms with E-state index in [2.05, 4.69) is 5.10 Å². The molecule has 1 aromatic heterocycles. The van der Waals surface area contributed by atoms with Crippen LogP contribution in [0.3, 0.4) is 0 Å². The van der Waals surface area contributed by atoms with Gasteiger partial charge in [-0.15, -0.1) is 0 Å². The topological polar surface area (TPSA) is 90.5 Å². The second kappa shape index (κ2) is 5.94. The molecular formula is C14H22N4O4. The summed E-state index contributed by atoms with van der Waals surface area (Å²) in [6, 6.07) is -0.0614. The molecule has 2 heterocycles. The van der Waals surface area contributed by atoms with Gasteiger partial charge in [-0.2, -0.15) is 5.10 Å². The molecule has 1 aliphatic heterocycles. The summed E-state index contributed by atoms with van der Waals surface area (Å²) in [6.45, 7) is 8.18. The molecule has 1 aromatic rings. The van der Waals surface area contributed by atoms with Gasteiger partial charge in [-0.1, -0.05) is 0 Å². The molecule has 1 amide bonds. The van der Waals surface area contributed by atoms with Gasteiger partial charge in [0.05, 0.1) is 11.0 Å². The smallest absolute Gasteiger partial charge is 0.410 e. The summed E-state index contributed by atoms with van der Waals surface area (Å²) in [6.07, 6.45) is 2.74. The van der Waals surface area contributed by atoms with Crippen molar-refractivity contribution in [2.24, 2.45) is 0 Å². The molecule has 1 atom stereocenters. The first-order valence-electron chi connectivity index (χ1n) is 7.35. The Bertz CT molecular complexity index is 576. The van der Waals surface area contributed by atoms with Gasteiger partial charge in [-0.05, 0) is 40.5 Å². The van der Waals surface area contributed by atoms with Gasteiger partial charge >= 0.3 is 11.8 Å². The Morgan fingerprint density at radius 3 is 2.73 bits per heavy atom. The minimum Gasteiger partial charge on any atom is -0.444 e. The van der Waals surface area contributed by atoms with Crippen LogP contribution in [0.5, 0.6) is 0 Å². The van der Waals surface area contributed by atoms with E-state index in [0.29, 0.717) is 18.8 Å². The van der Waals surface area contributed by atoms with Crippen molar-refractivity contribution < 1.29 is 14.5 Å². The predicted molar refractivity (Wildman–Crippen MR) is 79.7 cm³/mol. The fourth-order valence-electron chi connectivity index (χ4n) is 2.50. The van der Waals surface area contributed by atoms with Crippen molar-refractivity contribution in [3.63, 3.8) is 0 Å². The molecule has 0 unspecified atom stereocenters. The standard InChI is InChI=1S/C14H22N4O4/c1-10-12(18(20)21)9-17(15-10)11-6-5-7-16(8-11)13(19)22-14(2,3)4/h9,11H,5-8H2,1-4H3/t11-/m0/s1. The van der Waals surface area contributed by atoms with Gasteiger partial charge in [0.2, 0.25) is 0 Å². The maximum absolute atomic E-state index is 12.1. The van der Waals surface area contributed by atoms with E-state index in [1.807, 2.05) is 20.8 Å². The largest absolute Gasteiger partial charge is 0.444 e. The van der Waals surface area contributed by atoms with Gasteiger partial charge in [0.15, 0.2) is 0 Å². The van der Waals surface area contributed by atoms with Crippen molar-refractivity contribution in [3.05, 3.63) is 22.0 Å². The number of hydrogen-bond donors (Lipinski definition) is 0. The van der Waals surface area contributed by atoms with Crippen LogP contribution in [0.4, 0.5) is 10.5 Å². The number of amides is 1. The Morgan fingerprint density at radius 2 is 2.18 bits per heavy atom. The van der Waals surface area contributed by atoms with Crippen molar-refractivity contribution in [2.45, 2.75) is 52.2 Å². The van der Waals surface area contributed by atoms with E-state index in [4.69, 9.17) is 4.74 Å². The molecule has 0 spiro atoms. The van der Waals surface area contributed by atoms with Crippen LogP contribution in [0.15, 0.2) is 6.20 Å². The van der Waals surface area contributed by atoms with E-state index in [9.17, 15) is 14.9 Å². The second-order valence-corrected chi connectivity index (χ2v) is 6.56. The van der Waals surface area contributed by atoms with Crippen LogP contribution in [-0.4, -0.2) is 44.4 Å². The Balaban J connectivity index is 2.09. The van der Waals surface area contributed by atoms with Crippen molar-refractivity contribution in [3.8, 4) is 0 Å². The Morgan fingerprint density at radius 1 is 1.50 bits per heavy atom. The van der Waals surface area contributed by atoms with Crippen LogP contribution in [0.25, 0.3) is 0 Å². The van der Waals surface area contributed by atoms with Gasteiger partial charge in [0.25, 0.3) is 0 Å². The molecule has 22 heavy (non-hydrogen) atoms. The molecule has 1 fully saturated rings. The van der Waals surface area contributed by atoms with Crippen LogP contribution in [0.1, 0.15) is 45.3 Å². The van der Waals surface area contributed by atoms with E-state index >= 15 is 0 Å². The van der Waals surface area contributed by atoms with E-state index in [0.717, 1.165) is 12.8 Å². The number of aryl methyl sites for hydroxylation is 1. The number of carbonyl (C=O) groups excluding carboxylic acids is 1. The molecule has 0 saturated carbocycles. The molecule has 0 aromatic carbocycles. The third-order valence-electron chi connectivity index (χ3n) is 3.51. The highest BCUT2D eigenvalue weighted by atomic mass is 16.6. The summed E-state index contributed by atoms with van der Waals surface area (Å²) >= 11 is 0. The summed E-state index contributed by atoms with van der Waals surface area (Å²) in [4.78, 5) is 24.3. The van der Waals surface area contributed by atoms with Crippen molar-refractivity contribution in [1.82, 2.24) is 14.7 Å². The number of likely N-dealkylation sites (tertiary alicyclic amines) is 1. The minimum absolute atomic E-state index is 0.00870. The normalized spacial score (nSPS) is 19.1. The highest BCUT2D eigenvalue weighted by Crippen LogP contribution is 2.25. The number of hydrogen-bond acceptors (Lipinski definition) is 5. The lowest BCUT2D eigenvalue weighted by atomic mass is 10.1. The molecule has 8 nitrogen and oxygen atoms in total. The number of carbonyl (C=O) groups is 1. The second-order valence-electron chi connectivity index (χ2n) is 6.56. The summed E-state index contributed by atoms with van der Waals surface area (Å²) in [5.74, 6) is 0. The van der Waals surface area contributed by atoms with Crippen molar-refractivity contribution in [2.75, 3.05) is 13.1 Å². The lowest BCUT2D eigenvalue weighted by Crippen LogP contribution is -2.43. The molecule has 1 saturated heterocycles. The molecular weight excluding hydrogens is 288 g/mol. The van der Waals surface area contributed by atoms with Crippen LogP contribution in [-0.2, 0) is 4.74 Å². The van der Waals surface area contributed by atoms with Gasteiger partial charge in [0.1, 0.15) is 17.5 Å². The average molecular weight is 310 g/mol. The number of ether oxygens (including phenoxy) is 1. The van der Waals surface area contributed by atoms with E-state index in [-0.39, 0.29) is 17.8 Å². The first-order chi connectivity index (χ1) is 10.2. The van der Waals surface area contributed by atoms with E-state index in [1.54, 1.807) is 16.5 Å². The Hall–Kier alpha value is -2.12. The highest BCUT2D eigenvalue weighted by molar-refractivity contribution is 5.68. The summed E-state index contributed by atoms with van der Waals surface area (Å²) in [5, 5.41) is 15.1. The van der Waals surface area contributed by atoms with Crippen molar-refractivity contribution in [1.29, 1.82) is 0 Å². The lowest BCUT2D eigenvalue weighted by Gasteiger charge is -2.34. The zero-order chi connectivity index (χ0) is 16.5. The van der Waals surface area contributed by atoms with Crippen LogP contribution in [0, 0.1) is 17.0 Å². The SMILES string of the molecule is Cc1nn([C@H]2CCCN(C(=O)OC(C)(C)C)C2)cc1[N+](=O)[O-]. The molecule has 122 valence electrons. The molecule has 0 bridgehead atoms. The highest BCUT2D eigenvalue weighted by Gasteiger charge is 2.30. The minimum atomic E-state index is -0.537. The monoisotopic (exact) mass is 310 g/mol. The zero-order valence-corrected chi connectivity index (χ0v) is 13.4. The number of nitro groups is 1. The van der Waals surface area contributed by atoms with Gasteiger partial charge in [-0.3, -0.25) is 14.8 Å². The van der Waals surface area contributed by atoms with Gasteiger partial charge in [-0.25, -0.2) is 4.79 Å². The predicted octanol–water partition coefficient (Wildman–Crippen LogP) is 2.67. The molecule has 0 aliphatic carbocycles.